The number of alkyl halides is 5. The molecule has 3 heterocycles. The first-order valence-electron chi connectivity index (χ1n) is 9.35. The average molecular weight is 454 g/mol. The van der Waals surface area contributed by atoms with Gasteiger partial charge in [0, 0.05) is 32.3 Å². The van der Waals surface area contributed by atoms with Crippen LogP contribution in [0.5, 0.6) is 0 Å². The molecule has 30 heavy (non-hydrogen) atoms. The molecular weight excluding hydrogens is 433 g/mol. The van der Waals surface area contributed by atoms with Gasteiger partial charge >= 0.3 is 6.18 Å². The Balaban J connectivity index is 1.87. The van der Waals surface area contributed by atoms with Gasteiger partial charge in [-0.15, -0.1) is 0 Å². The van der Waals surface area contributed by atoms with E-state index in [1.54, 1.807) is 6.92 Å². The number of piperidine rings is 1. The van der Waals surface area contributed by atoms with E-state index in [1.807, 2.05) is 11.8 Å². The lowest BCUT2D eigenvalue weighted by molar-refractivity contribution is -0.137. The van der Waals surface area contributed by atoms with Gasteiger partial charge in [0.25, 0.3) is 5.92 Å². The molecule has 1 aliphatic heterocycles. The van der Waals surface area contributed by atoms with E-state index in [0.717, 1.165) is 4.68 Å². The van der Waals surface area contributed by atoms with Crippen molar-refractivity contribution >= 4 is 29.1 Å². The molecule has 3 rings (SSSR count). The standard InChI is InChI=1S/C17H21ClF5N7/c1-3-24-14-10(17(21,22)23)7-25-15(28-14)27-11-8-26-30(13(11)18)12-9-29(4-2)6-5-16(12,19)20/h7-8,12H,3-6,9H2,1-2H3,(H2,24,25,27,28). The molecule has 1 unspecified atom stereocenters. The molecule has 2 aromatic rings. The number of likely N-dealkylation sites (tertiary alicyclic amines) is 1. The Morgan fingerprint density at radius 1 is 1.27 bits per heavy atom. The summed E-state index contributed by atoms with van der Waals surface area (Å²) in [6.45, 7) is 4.68. The fraction of sp³-hybridized carbons (Fsp3) is 0.588. The molecule has 0 aliphatic carbocycles. The zero-order valence-electron chi connectivity index (χ0n) is 16.3. The summed E-state index contributed by atoms with van der Waals surface area (Å²) in [7, 11) is 0. The number of hydrogen-bond donors (Lipinski definition) is 2. The van der Waals surface area contributed by atoms with E-state index < -0.39 is 29.5 Å². The lowest BCUT2D eigenvalue weighted by Crippen LogP contribution is -2.48. The summed E-state index contributed by atoms with van der Waals surface area (Å²) >= 11 is 6.27. The number of aromatic nitrogens is 4. The van der Waals surface area contributed by atoms with Crippen LogP contribution in [0.1, 0.15) is 31.9 Å². The van der Waals surface area contributed by atoms with Crippen LogP contribution >= 0.6 is 11.6 Å². The third-order valence-electron chi connectivity index (χ3n) is 4.84. The minimum absolute atomic E-state index is 0.0751. The normalized spacial score (nSPS) is 19.7. The highest BCUT2D eigenvalue weighted by atomic mass is 35.5. The first-order valence-corrected chi connectivity index (χ1v) is 9.73. The monoisotopic (exact) mass is 453 g/mol. The Labute approximate surface area is 174 Å². The molecule has 0 saturated carbocycles. The summed E-state index contributed by atoms with van der Waals surface area (Å²) in [6, 6.07) is -1.26. The van der Waals surface area contributed by atoms with Crippen LogP contribution < -0.4 is 10.6 Å². The van der Waals surface area contributed by atoms with Gasteiger partial charge in [0.15, 0.2) is 5.15 Å². The summed E-state index contributed by atoms with van der Waals surface area (Å²) in [5.41, 5.74) is -0.901. The number of rotatable bonds is 6. The van der Waals surface area contributed by atoms with E-state index >= 15 is 0 Å². The number of halogens is 6. The lowest BCUT2D eigenvalue weighted by Gasteiger charge is -2.38. The highest BCUT2D eigenvalue weighted by molar-refractivity contribution is 6.32. The van der Waals surface area contributed by atoms with Gasteiger partial charge in [-0.25, -0.2) is 18.4 Å². The Kier molecular flexibility index (Phi) is 6.37. The molecule has 1 atom stereocenters. The third kappa shape index (κ3) is 4.59. The van der Waals surface area contributed by atoms with Gasteiger partial charge in [-0.1, -0.05) is 18.5 Å². The molecule has 1 aliphatic rings. The van der Waals surface area contributed by atoms with Crippen molar-refractivity contribution in [1.82, 2.24) is 24.6 Å². The molecule has 0 radical (unpaired) electrons. The van der Waals surface area contributed by atoms with Gasteiger partial charge in [0.05, 0.1) is 11.9 Å². The first-order chi connectivity index (χ1) is 14.1. The average Bonchev–Trinajstić information content (AvgIpc) is 3.01. The zero-order chi connectivity index (χ0) is 22.1. The van der Waals surface area contributed by atoms with Gasteiger partial charge in [0.1, 0.15) is 17.4 Å². The van der Waals surface area contributed by atoms with Crippen molar-refractivity contribution in [2.24, 2.45) is 0 Å². The largest absolute Gasteiger partial charge is 0.421 e. The molecule has 166 valence electrons. The summed E-state index contributed by atoms with van der Waals surface area (Å²) in [5, 5.41) is 9.07. The maximum Gasteiger partial charge on any atom is 0.421 e. The van der Waals surface area contributed by atoms with Crippen molar-refractivity contribution in [3.05, 3.63) is 23.1 Å². The van der Waals surface area contributed by atoms with Gasteiger partial charge in [0.2, 0.25) is 5.95 Å². The van der Waals surface area contributed by atoms with Crippen LogP contribution in [0.4, 0.5) is 39.4 Å². The van der Waals surface area contributed by atoms with Crippen LogP contribution in [-0.2, 0) is 6.18 Å². The second kappa shape index (κ2) is 8.50. The van der Waals surface area contributed by atoms with E-state index in [1.165, 1.54) is 6.20 Å². The van der Waals surface area contributed by atoms with Crippen molar-refractivity contribution in [3.8, 4) is 0 Å². The van der Waals surface area contributed by atoms with Gasteiger partial charge < -0.3 is 15.5 Å². The van der Waals surface area contributed by atoms with Crippen molar-refractivity contribution < 1.29 is 22.0 Å². The highest BCUT2D eigenvalue weighted by Crippen LogP contribution is 2.40. The number of nitrogens with one attached hydrogen (secondary N) is 2. The van der Waals surface area contributed by atoms with Gasteiger partial charge in [-0.2, -0.15) is 23.3 Å². The van der Waals surface area contributed by atoms with E-state index in [4.69, 9.17) is 11.6 Å². The predicted molar refractivity (Wildman–Crippen MR) is 102 cm³/mol. The van der Waals surface area contributed by atoms with E-state index in [2.05, 4.69) is 25.7 Å². The number of hydrogen-bond acceptors (Lipinski definition) is 6. The Hall–Kier alpha value is -2.21. The van der Waals surface area contributed by atoms with Crippen molar-refractivity contribution in [3.63, 3.8) is 0 Å². The molecule has 2 aromatic heterocycles. The molecular formula is C17H21ClF5N7. The molecule has 1 fully saturated rings. The molecule has 0 spiro atoms. The molecule has 2 N–H and O–H groups in total. The smallest absolute Gasteiger partial charge is 0.370 e. The topological polar surface area (TPSA) is 70.9 Å². The lowest BCUT2D eigenvalue weighted by atomic mass is 10.0. The number of likely N-dealkylation sites (N-methyl/N-ethyl adjacent to an activating group) is 1. The molecule has 7 nitrogen and oxygen atoms in total. The quantitative estimate of drug-likeness (QED) is 0.631. The predicted octanol–water partition coefficient (Wildman–Crippen LogP) is 4.42. The number of anilines is 3. The fourth-order valence-electron chi connectivity index (χ4n) is 3.21. The summed E-state index contributed by atoms with van der Waals surface area (Å²) in [4.78, 5) is 9.37. The Morgan fingerprint density at radius 2 is 2.00 bits per heavy atom. The van der Waals surface area contributed by atoms with Crippen LogP contribution in [0, 0.1) is 0 Å². The van der Waals surface area contributed by atoms with Crippen molar-refractivity contribution in [2.45, 2.75) is 38.4 Å². The second-order valence-corrected chi connectivity index (χ2v) is 7.18. The van der Waals surface area contributed by atoms with Crippen molar-refractivity contribution in [2.75, 3.05) is 36.8 Å². The molecule has 0 amide bonds. The molecule has 1 saturated heterocycles. The van der Waals surface area contributed by atoms with E-state index in [9.17, 15) is 22.0 Å². The third-order valence-corrected chi connectivity index (χ3v) is 5.22. The Bertz CT molecular complexity index is 886. The van der Waals surface area contributed by atoms with E-state index in [-0.39, 0.29) is 42.8 Å². The molecule has 0 bridgehead atoms. The van der Waals surface area contributed by atoms with Crippen LogP contribution in [0.3, 0.4) is 0 Å². The van der Waals surface area contributed by atoms with Gasteiger partial charge in [-0.3, -0.25) is 0 Å². The maximum absolute atomic E-state index is 14.5. The van der Waals surface area contributed by atoms with Crippen LogP contribution in [-0.4, -0.2) is 56.7 Å². The van der Waals surface area contributed by atoms with Crippen LogP contribution in [0.25, 0.3) is 0 Å². The minimum Gasteiger partial charge on any atom is -0.370 e. The van der Waals surface area contributed by atoms with Crippen LogP contribution in [0.15, 0.2) is 12.4 Å². The Morgan fingerprint density at radius 3 is 2.63 bits per heavy atom. The first kappa shape index (κ1) is 22.5. The minimum atomic E-state index is -4.63. The van der Waals surface area contributed by atoms with Crippen molar-refractivity contribution in [1.29, 1.82) is 0 Å². The molecule has 0 aromatic carbocycles. The highest BCUT2D eigenvalue weighted by Gasteiger charge is 2.46. The number of nitrogens with zero attached hydrogens (tertiary/aromatic N) is 5. The van der Waals surface area contributed by atoms with Gasteiger partial charge in [-0.05, 0) is 13.5 Å². The SMILES string of the molecule is CCNc1nc(Nc2cnn(C3CN(CC)CCC3(F)F)c2Cl)ncc1C(F)(F)F. The van der Waals surface area contributed by atoms with Crippen LogP contribution in [0.2, 0.25) is 5.15 Å². The summed E-state index contributed by atoms with van der Waals surface area (Å²) in [6.07, 6.45) is -3.09. The molecule has 13 heteroatoms. The second-order valence-electron chi connectivity index (χ2n) is 6.82. The van der Waals surface area contributed by atoms with E-state index in [0.29, 0.717) is 12.7 Å². The summed E-state index contributed by atoms with van der Waals surface area (Å²) in [5.74, 6) is -3.57. The maximum atomic E-state index is 14.5. The summed E-state index contributed by atoms with van der Waals surface area (Å²) < 4.78 is 69.2. The zero-order valence-corrected chi connectivity index (χ0v) is 17.0. The fourth-order valence-corrected chi connectivity index (χ4v) is 3.46.